The van der Waals surface area contributed by atoms with Gasteiger partial charge in [0.15, 0.2) is 5.69 Å². The summed E-state index contributed by atoms with van der Waals surface area (Å²) in [7, 11) is 0. The van der Waals surface area contributed by atoms with Crippen molar-refractivity contribution < 1.29 is 9.53 Å². The van der Waals surface area contributed by atoms with Crippen molar-refractivity contribution in [1.29, 1.82) is 0 Å². The lowest BCUT2D eigenvalue weighted by Gasteiger charge is -2.06. The van der Waals surface area contributed by atoms with E-state index in [1.54, 1.807) is 25.1 Å². The Balaban J connectivity index is 2.15. The number of nitrogens with two attached hydrogens (primary N) is 1. The second kappa shape index (κ2) is 7.22. The van der Waals surface area contributed by atoms with Crippen LogP contribution >= 0.6 is 11.6 Å². The number of hydrogen-bond donors (Lipinski definition) is 1. The molecule has 0 radical (unpaired) electrons. The molecule has 0 saturated heterocycles. The summed E-state index contributed by atoms with van der Waals surface area (Å²) in [4.78, 5) is 24.5. The first-order valence-corrected chi connectivity index (χ1v) is 7.77. The largest absolute Gasteiger partial charge is 0.461 e. The van der Waals surface area contributed by atoms with Gasteiger partial charge in [-0.05, 0) is 25.1 Å². The highest BCUT2D eigenvalue weighted by atomic mass is 35.5. The van der Waals surface area contributed by atoms with Crippen LogP contribution in [0.2, 0.25) is 5.02 Å². The number of fused-ring (bicyclic) bond motifs is 3. The van der Waals surface area contributed by atoms with Gasteiger partial charge in [0.1, 0.15) is 12.2 Å². The molecule has 0 bridgehead atoms. The Hall–Kier alpha value is -3.07. The first-order chi connectivity index (χ1) is 12.1. The zero-order chi connectivity index (χ0) is 17.8. The van der Waals surface area contributed by atoms with Crippen LogP contribution in [0, 0.1) is 0 Å². The fourth-order valence-electron chi connectivity index (χ4n) is 2.31. The second-order valence-electron chi connectivity index (χ2n) is 4.90. The smallest absolute Gasteiger partial charge is 0.360 e. The van der Waals surface area contributed by atoms with E-state index in [0.29, 0.717) is 27.9 Å². The third-order valence-electron chi connectivity index (χ3n) is 3.33. The average Bonchev–Trinajstić information content (AvgIpc) is 2.94. The summed E-state index contributed by atoms with van der Waals surface area (Å²) in [5.41, 5.74) is 7.01. The van der Waals surface area contributed by atoms with E-state index in [4.69, 9.17) is 22.1 Å². The van der Waals surface area contributed by atoms with Gasteiger partial charge in [-0.1, -0.05) is 16.8 Å². The highest BCUT2D eigenvalue weighted by Gasteiger charge is 2.26. The van der Waals surface area contributed by atoms with Crippen LogP contribution in [-0.2, 0) is 11.2 Å². The van der Waals surface area contributed by atoms with Crippen molar-refractivity contribution in [3.63, 3.8) is 0 Å². The molecule has 0 unspecified atom stereocenters. The Morgan fingerprint density at radius 1 is 1.52 bits per heavy atom. The molecule has 9 nitrogen and oxygen atoms in total. The van der Waals surface area contributed by atoms with Crippen molar-refractivity contribution in [2.24, 2.45) is 20.7 Å². The minimum absolute atomic E-state index is 0.111. The Kier molecular flexibility index (Phi) is 4.85. The molecule has 1 aliphatic rings. The molecule has 25 heavy (non-hydrogen) atoms. The molecule has 0 spiro atoms. The molecule has 2 heterocycles. The third-order valence-corrected chi connectivity index (χ3v) is 3.57. The normalized spacial score (nSPS) is 13.4. The fraction of sp³-hybridized carbons (Fsp3) is 0.200. The molecule has 0 saturated carbocycles. The summed E-state index contributed by atoms with van der Waals surface area (Å²) in [6, 6.07) is 5.13. The van der Waals surface area contributed by atoms with E-state index >= 15 is 0 Å². The van der Waals surface area contributed by atoms with Crippen molar-refractivity contribution in [3.05, 3.63) is 34.6 Å². The maximum Gasteiger partial charge on any atom is 0.360 e. The van der Waals surface area contributed by atoms with E-state index in [1.165, 1.54) is 11.0 Å². The third kappa shape index (κ3) is 3.41. The molecule has 2 N–H and O–H groups in total. The Morgan fingerprint density at radius 3 is 3.12 bits per heavy atom. The molecule has 0 fully saturated rings. The van der Waals surface area contributed by atoms with Crippen molar-refractivity contribution in [1.82, 2.24) is 15.0 Å². The molecule has 0 aliphatic carbocycles. The SMILES string of the molecule is CCOC(=O)c1nnn2c1CC(N=CN=CN)=Nc1ccc(Cl)cc1-2. The van der Waals surface area contributed by atoms with E-state index in [0.717, 1.165) is 6.34 Å². The minimum atomic E-state index is -0.558. The number of esters is 1. The summed E-state index contributed by atoms with van der Waals surface area (Å²) >= 11 is 6.09. The van der Waals surface area contributed by atoms with E-state index in [1.807, 2.05) is 0 Å². The molecule has 0 atom stereocenters. The highest BCUT2D eigenvalue weighted by molar-refractivity contribution is 6.30. The second-order valence-corrected chi connectivity index (χ2v) is 5.33. The maximum atomic E-state index is 12.2. The van der Waals surface area contributed by atoms with E-state index in [-0.39, 0.29) is 18.7 Å². The minimum Gasteiger partial charge on any atom is -0.461 e. The first-order valence-electron chi connectivity index (χ1n) is 7.39. The molecule has 1 aromatic heterocycles. The fourth-order valence-corrected chi connectivity index (χ4v) is 2.48. The number of carbonyl (C=O) groups excluding carboxylic acids is 1. The summed E-state index contributed by atoms with van der Waals surface area (Å²) in [6.07, 6.45) is 2.60. The van der Waals surface area contributed by atoms with Crippen LogP contribution in [-0.4, -0.2) is 46.1 Å². The van der Waals surface area contributed by atoms with Crippen LogP contribution < -0.4 is 5.73 Å². The van der Waals surface area contributed by atoms with E-state index in [9.17, 15) is 4.79 Å². The number of amidine groups is 1. The lowest BCUT2D eigenvalue weighted by atomic mass is 10.2. The summed E-state index contributed by atoms with van der Waals surface area (Å²) in [6.45, 7) is 1.95. The number of benzene rings is 1. The van der Waals surface area contributed by atoms with Gasteiger partial charge in [-0.25, -0.2) is 24.5 Å². The zero-order valence-corrected chi connectivity index (χ0v) is 14.0. The zero-order valence-electron chi connectivity index (χ0n) is 13.3. The van der Waals surface area contributed by atoms with Crippen LogP contribution in [0.5, 0.6) is 0 Å². The summed E-state index contributed by atoms with van der Waals surface area (Å²) < 4.78 is 6.56. The number of halogens is 1. The predicted molar refractivity (Wildman–Crippen MR) is 94.3 cm³/mol. The van der Waals surface area contributed by atoms with Gasteiger partial charge in [-0.3, -0.25) is 0 Å². The number of rotatable bonds is 3. The van der Waals surface area contributed by atoms with Gasteiger partial charge in [0.05, 0.1) is 36.4 Å². The van der Waals surface area contributed by atoms with Crippen LogP contribution in [0.1, 0.15) is 23.1 Å². The van der Waals surface area contributed by atoms with Crippen molar-refractivity contribution in [2.45, 2.75) is 13.3 Å². The number of ether oxygens (including phenoxy) is 1. The number of aliphatic imine (C=N–C) groups is 3. The van der Waals surface area contributed by atoms with Crippen molar-refractivity contribution >= 4 is 41.8 Å². The van der Waals surface area contributed by atoms with Gasteiger partial charge in [0.25, 0.3) is 0 Å². The number of hydrogen-bond acceptors (Lipinski definition) is 6. The molecule has 2 aromatic rings. The van der Waals surface area contributed by atoms with Crippen LogP contribution in [0.3, 0.4) is 0 Å². The maximum absolute atomic E-state index is 12.2. The van der Waals surface area contributed by atoms with E-state index in [2.05, 4.69) is 25.3 Å². The van der Waals surface area contributed by atoms with Gasteiger partial charge < -0.3 is 10.5 Å². The lowest BCUT2D eigenvalue weighted by Crippen LogP contribution is -2.12. The topological polar surface area (TPSA) is 120 Å². The van der Waals surface area contributed by atoms with Gasteiger partial charge in [-0.15, -0.1) is 5.10 Å². The monoisotopic (exact) mass is 359 g/mol. The average molecular weight is 360 g/mol. The molecule has 0 amide bonds. The standard InChI is InChI=1S/C15H14ClN7O2/c1-2-25-15(24)14-12-6-13(19-8-18-7-17)20-10-4-3-9(16)5-11(10)23(12)22-21-14/h3-5,7-8H,2,6H2,1H3,(H2,17,18,19,20). The molecular formula is C15H14ClN7O2. The van der Waals surface area contributed by atoms with Crippen LogP contribution in [0.15, 0.2) is 33.2 Å². The van der Waals surface area contributed by atoms with Crippen LogP contribution in [0.4, 0.5) is 5.69 Å². The van der Waals surface area contributed by atoms with Gasteiger partial charge in [0, 0.05) is 5.02 Å². The van der Waals surface area contributed by atoms with Crippen molar-refractivity contribution in [3.8, 4) is 5.69 Å². The van der Waals surface area contributed by atoms with Crippen molar-refractivity contribution in [2.75, 3.05) is 6.61 Å². The molecule has 10 heteroatoms. The molecule has 1 aliphatic heterocycles. The lowest BCUT2D eigenvalue weighted by molar-refractivity contribution is 0.0518. The predicted octanol–water partition coefficient (Wildman–Crippen LogP) is 1.70. The number of nitrogens with zero attached hydrogens (tertiary/aromatic N) is 6. The molecule has 1 aromatic carbocycles. The molecule has 128 valence electrons. The molecular weight excluding hydrogens is 346 g/mol. The van der Waals surface area contributed by atoms with Gasteiger partial charge in [0.2, 0.25) is 0 Å². The molecule has 3 rings (SSSR count). The number of aromatic nitrogens is 3. The number of carbonyl (C=O) groups is 1. The van der Waals surface area contributed by atoms with Gasteiger partial charge in [-0.2, -0.15) is 0 Å². The van der Waals surface area contributed by atoms with E-state index < -0.39 is 5.97 Å². The highest BCUT2D eigenvalue weighted by Crippen LogP contribution is 2.31. The first kappa shape index (κ1) is 16.8. The Morgan fingerprint density at radius 2 is 2.36 bits per heavy atom. The Bertz CT molecular complexity index is 901. The summed E-state index contributed by atoms with van der Waals surface area (Å²) in [5, 5.41) is 8.53. The van der Waals surface area contributed by atoms with Crippen LogP contribution in [0.25, 0.3) is 5.69 Å². The quantitative estimate of drug-likeness (QED) is 0.508. The van der Waals surface area contributed by atoms with Gasteiger partial charge >= 0.3 is 5.97 Å². The Labute approximate surface area is 147 Å². The summed E-state index contributed by atoms with van der Waals surface area (Å²) in [5.74, 6) is -0.140.